The van der Waals surface area contributed by atoms with Crippen LogP contribution < -0.4 is 0 Å². The Morgan fingerprint density at radius 1 is 1.47 bits per heavy atom. The lowest BCUT2D eigenvalue weighted by molar-refractivity contribution is 0.171. The van der Waals surface area contributed by atoms with Crippen molar-refractivity contribution in [2.24, 2.45) is 0 Å². The molecule has 0 aliphatic rings. The zero-order chi connectivity index (χ0) is 12.3. The Morgan fingerprint density at radius 2 is 2.29 bits per heavy atom. The zero-order valence-electron chi connectivity index (χ0n) is 10.1. The highest BCUT2D eigenvalue weighted by atomic mass is 32.1. The normalized spacial score (nSPS) is 12.9. The average molecular weight is 251 g/mol. The van der Waals surface area contributed by atoms with Gasteiger partial charge >= 0.3 is 0 Å². The summed E-state index contributed by atoms with van der Waals surface area (Å²) in [6, 6.07) is 2.07. The van der Waals surface area contributed by atoms with Gasteiger partial charge in [0.2, 0.25) is 0 Å². The molecule has 0 saturated heterocycles. The van der Waals surface area contributed by atoms with E-state index in [-0.39, 0.29) is 0 Å². The summed E-state index contributed by atoms with van der Waals surface area (Å²) in [7, 11) is 0. The molecule has 2 heterocycles. The molecule has 2 aromatic heterocycles. The summed E-state index contributed by atoms with van der Waals surface area (Å²) < 4.78 is 1.95. The van der Waals surface area contributed by atoms with Crippen molar-refractivity contribution in [3.8, 4) is 0 Å². The van der Waals surface area contributed by atoms with Gasteiger partial charge in [-0.2, -0.15) is 5.10 Å². The van der Waals surface area contributed by atoms with Crippen molar-refractivity contribution in [2.75, 3.05) is 0 Å². The van der Waals surface area contributed by atoms with Crippen LogP contribution >= 0.6 is 11.3 Å². The lowest BCUT2D eigenvalue weighted by Crippen LogP contribution is -2.08. The van der Waals surface area contributed by atoms with Crippen LogP contribution in [0, 0.1) is 0 Å². The van der Waals surface area contributed by atoms with Gasteiger partial charge in [0.25, 0.3) is 0 Å². The second kappa shape index (κ2) is 5.42. The molecular weight excluding hydrogens is 234 g/mol. The van der Waals surface area contributed by atoms with Gasteiger partial charge in [0, 0.05) is 24.0 Å². The Labute approximate surface area is 105 Å². The quantitative estimate of drug-likeness (QED) is 0.886. The largest absolute Gasteiger partial charge is 0.386 e. The molecule has 1 N–H and O–H groups in total. The molecule has 0 radical (unpaired) electrons. The van der Waals surface area contributed by atoms with Crippen molar-refractivity contribution < 1.29 is 5.11 Å². The Kier molecular flexibility index (Phi) is 3.91. The molecular formula is C12H17N3OS. The molecule has 0 amide bonds. The fraction of sp³-hybridized carbons (Fsp3) is 0.500. The SMILES string of the molecule is CCc1cc(CC(O)c2cscn2)n(CC)n1. The average Bonchev–Trinajstić information content (AvgIpc) is 2.97. The maximum atomic E-state index is 10.1. The summed E-state index contributed by atoms with van der Waals surface area (Å²) in [5.74, 6) is 0. The summed E-state index contributed by atoms with van der Waals surface area (Å²) in [4.78, 5) is 4.13. The third-order valence-corrected chi connectivity index (χ3v) is 3.38. The highest BCUT2D eigenvalue weighted by molar-refractivity contribution is 7.07. The van der Waals surface area contributed by atoms with Gasteiger partial charge < -0.3 is 5.11 Å². The van der Waals surface area contributed by atoms with Crippen molar-refractivity contribution in [3.05, 3.63) is 34.0 Å². The van der Waals surface area contributed by atoms with Crippen LogP contribution in [0.2, 0.25) is 0 Å². The van der Waals surface area contributed by atoms with Crippen LogP contribution in [0.5, 0.6) is 0 Å². The van der Waals surface area contributed by atoms with Gasteiger partial charge in [-0.25, -0.2) is 4.98 Å². The smallest absolute Gasteiger partial charge is 0.102 e. The van der Waals surface area contributed by atoms with Crippen LogP contribution in [0.3, 0.4) is 0 Å². The highest BCUT2D eigenvalue weighted by Crippen LogP contribution is 2.19. The van der Waals surface area contributed by atoms with Crippen LogP contribution in [-0.2, 0) is 19.4 Å². The first kappa shape index (κ1) is 12.3. The first-order chi connectivity index (χ1) is 8.24. The fourth-order valence-electron chi connectivity index (χ4n) is 1.81. The summed E-state index contributed by atoms with van der Waals surface area (Å²) in [6.45, 7) is 4.98. The number of hydrogen-bond donors (Lipinski definition) is 1. The van der Waals surface area contributed by atoms with E-state index >= 15 is 0 Å². The molecule has 1 unspecified atom stereocenters. The van der Waals surface area contributed by atoms with Gasteiger partial charge in [0.1, 0.15) is 6.10 Å². The molecule has 5 heteroatoms. The number of hydrogen-bond acceptors (Lipinski definition) is 4. The van der Waals surface area contributed by atoms with Crippen LogP contribution in [0.25, 0.3) is 0 Å². The predicted molar refractivity (Wildman–Crippen MR) is 68.1 cm³/mol. The summed E-state index contributed by atoms with van der Waals surface area (Å²) >= 11 is 1.50. The summed E-state index contributed by atoms with van der Waals surface area (Å²) in [5.41, 5.74) is 4.64. The molecule has 2 aromatic rings. The lowest BCUT2D eigenvalue weighted by atomic mass is 10.1. The summed E-state index contributed by atoms with van der Waals surface area (Å²) in [6.07, 6.45) is 0.963. The van der Waals surface area contributed by atoms with Crippen LogP contribution in [0.4, 0.5) is 0 Å². The molecule has 1 atom stereocenters. The molecule has 0 aliphatic carbocycles. The zero-order valence-corrected chi connectivity index (χ0v) is 10.9. The standard InChI is InChI=1S/C12H17N3OS/c1-3-9-5-10(15(4-2)14-9)6-12(16)11-7-17-8-13-11/h5,7-8,12,16H,3-4,6H2,1-2H3. The lowest BCUT2D eigenvalue weighted by Gasteiger charge is -2.08. The highest BCUT2D eigenvalue weighted by Gasteiger charge is 2.14. The second-order valence-corrected chi connectivity index (χ2v) is 4.65. The molecule has 0 fully saturated rings. The van der Waals surface area contributed by atoms with E-state index in [2.05, 4.69) is 30.0 Å². The van der Waals surface area contributed by atoms with Gasteiger partial charge in [-0.3, -0.25) is 4.68 Å². The molecule has 0 bridgehead atoms. The number of aromatic nitrogens is 3. The first-order valence-electron chi connectivity index (χ1n) is 5.86. The van der Waals surface area contributed by atoms with Crippen molar-refractivity contribution in [3.63, 3.8) is 0 Å². The Bertz CT molecular complexity index is 464. The number of aryl methyl sites for hydroxylation is 2. The van der Waals surface area contributed by atoms with Crippen molar-refractivity contribution in [1.29, 1.82) is 0 Å². The van der Waals surface area contributed by atoms with E-state index in [0.29, 0.717) is 6.42 Å². The Balaban J connectivity index is 2.15. The van der Waals surface area contributed by atoms with E-state index in [1.54, 1.807) is 5.51 Å². The van der Waals surface area contributed by atoms with E-state index < -0.39 is 6.10 Å². The molecule has 0 aliphatic heterocycles. The molecule has 0 aromatic carbocycles. The van der Waals surface area contributed by atoms with Crippen LogP contribution in [-0.4, -0.2) is 19.9 Å². The third-order valence-electron chi connectivity index (χ3n) is 2.77. The van der Waals surface area contributed by atoms with E-state index in [0.717, 1.165) is 30.0 Å². The molecule has 92 valence electrons. The maximum absolute atomic E-state index is 10.1. The minimum atomic E-state index is -0.534. The molecule has 0 saturated carbocycles. The molecule has 0 spiro atoms. The number of rotatable bonds is 5. The van der Waals surface area contributed by atoms with Gasteiger partial charge in [0.15, 0.2) is 0 Å². The molecule has 2 rings (SSSR count). The summed E-state index contributed by atoms with van der Waals surface area (Å²) in [5, 5.41) is 16.4. The van der Waals surface area contributed by atoms with Crippen molar-refractivity contribution in [1.82, 2.24) is 14.8 Å². The van der Waals surface area contributed by atoms with Gasteiger partial charge in [-0.15, -0.1) is 11.3 Å². The minimum Gasteiger partial charge on any atom is -0.386 e. The van der Waals surface area contributed by atoms with Crippen LogP contribution in [0.1, 0.15) is 37.0 Å². The number of aliphatic hydroxyl groups excluding tert-OH is 1. The van der Waals surface area contributed by atoms with Gasteiger partial charge in [0.05, 0.1) is 16.9 Å². The van der Waals surface area contributed by atoms with E-state index in [4.69, 9.17) is 0 Å². The first-order valence-corrected chi connectivity index (χ1v) is 6.80. The van der Waals surface area contributed by atoms with E-state index in [9.17, 15) is 5.11 Å². The minimum absolute atomic E-state index is 0.534. The maximum Gasteiger partial charge on any atom is 0.102 e. The number of aliphatic hydroxyl groups is 1. The number of thiazole rings is 1. The molecule has 4 nitrogen and oxygen atoms in total. The van der Waals surface area contributed by atoms with E-state index in [1.807, 2.05) is 10.1 Å². The third kappa shape index (κ3) is 2.73. The monoisotopic (exact) mass is 251 g/mol. The Morgan fingerprint density at radius 3 is 2.88 bits per heavy atom. The number of nitrogens with zero attached hydrogens (tertiary/aromatic N) is 3. The topological polar surface area (TPSA) is 50.9 Å². The fourth-order valence-corrected chi connectivity index (χ4v) is 2.42. The molecule has 17 heavy (non-hydrogen) atoms. The van der Waals surface area contributed by atoms with Gasteiger partial charge in [-0.1, -0.05) is 6.92 Å². The van der Waals surface area contributed by atoms with Crippen molar-refractivity contribution in [2.45, 2.75) is 39.3 Å². The van der Waals surface area contributed by atoms with Crippen LogP contribution in [0.15, 0.2) is 17.0 Å². The van der Waals surface area contributed by atoms with Crippen molar-refractivity contribution >= 4 is 11.3 Å². The predicted octanol–water partition coefficient (Wildman–Crippen LogP) is 2.20. The van der Waals surface area contributed by atoms with E-state index in [1.165, 1.54) is 11.3 Å². The van der Waals surface area contributed by atoms with Gasteiger partial charge in [-0.05, 0) is 19.4 Å². The second-order valence-electron chi connectivity index (χ2n) is 3.93. The Hall–Kier alpha value is -1.20.